The van der Waals surface area contributed by atoms with Gasteiger partial charge in [-0.05, 0) is 36.0 Å². The number of rotatable bonds is 4. The van der Waals surface area contributed by atoms with Gasteiger partial charge in [0.15, 0.2) is 6.61 Å². The highest BCUT2D eigenvalue weighted by atomic mass is 16.5. The van der Waals surface area contributed by atoms with E-state index >= 15 is 0 Å². The predicted octanol–water partition coefficient (Wildman–Crippen LogP) is 3.13. The van der Waals surface area contributed by atoms with Crippen LogP contribution in [0.1, 0.15) is 52.0 Å². The number of amides is 3. The van der Waals surface area contributed by atoms with Crippen LogP contribution in [-0.2, 0) is 10.2 Å². The highest BCUT2D eigenvalue weighted by Gasteiger charge is 2.18. The molecule has 1 fully saturated rings. The Labute approximate surface area is 137 Å². The molecular formula is C18H26N2O3. The molecule has 0 saturated heterocycles. The minimum Gasteiger partial charge on any atom is -0.484 e. The largest absolute Gasteiger partial charge is 0.484 e. The molecule has 0 bridgehead atoms. The Morgan fingerprint density at radius 2 is 1.74 bits per heavy atom. The number of hydrogen-bond donors (Lipinski definition) is 2. The Morgan fingerprint density at radius 1 is 1.13 bits per heavy atom. The summed E-state index contributed by atoms with van der Waals surface area (Å²) >= 11 is 0. The Kier molecular flexibility index (Phi) is 5.64. The molecule has 126 valence electrons. The van der Waals surface area contributed by atoms with E-state index in [4.69, 9.17) is 4.74 Å². The summed E-state index contributed by atoms with van der Waals surface area (Å²) in [7, 11) is 0. The summed E-state index contributed by atoms with van der Waals surface area (Å²) in [6.45, 7) is 6.24. The summed E-state index contributed by atoms with van der Waals surface area (Å²) in [6.07, 6.45) is 4.23. The van der Waals surface area contributed by atoms with E-state index in [2.05, 4.69) is 31.4 Å². The van der Waals surface area contributed by atoms with Gasteiger partial charge in [-0.3, -0.25) is 10.1 Å². The average molecular weight is 318 g/mol. The topological polar surface area (TPSA) is 67.4 Å². The molecule has 0 aromatic heterocycles. The van der Waals surface area contributed by atoms with Gasteiger partial charge < -0.3 is 10.1 Å². The van der Waals surface area contributed by atoms with E-state index in [9.17, 15) is 9.59 Å². The Bertz CT molecular complexity index is 540. The first-order valence-corrected chi connectivity index (χ1v) is 8.18. The standard InChI is InChI=1S/C18H26N2O3/c1-18(2,3)13-8-10-15(11-9-13)23-12-16(21)20-17(22)19-14-6-4-5-7-14/h8-11,14H,4-7,12H2,1-3H3,(H2,19,20,21,22). The van der Waals surface area contributed by atoms with Crippen molar-refractivity contribution < 1.29 is 14.3 Å². The number of carbonyl (C=O) groups is 2. The summed E-state index contributed by atoms with van der Waals surface area (Å²) in [6, 6.07) is 7.40. The van der Waals surface area contributed by atoms with Crippen molar-refractivity contribution in [1.29, 1.82) is 0 Å². The third-order valence-corrected chi connectivity index (χ3v) is 4.03. The zero-order valence-corrected chi connectivity index (χ0v) is 14.1. The van der Waals surface area contributed by atoms with Gasteiger partial charge in [-0.15, -0.1) is 0 Å². The Hall–Kier alpha value is -2.04. The van der Waals surface area contributed by atoms with Gasteiger partial charge in [0.05, 0.1) is 0 Å². The lowest BCUT2D eigenvalue weighted by atomic mass is 9.87. The summed E-state index contributed by atoms with van der Waals surface area (Å²) in [5.74, 6) is 0.171. The van der Waals surface area contributed by atoms with Crippen molar-refractivity contribution in [3.05, 3.63) is 29.8 Å². The van der Waals surface area contributed by atoms with E-state index in [1.807, 2.05) is 24.3 Å². The van der Waals surface area contributed by atoms with Crippen LogP contribution in [-0.4, -0.2) is 24.6 Å². The highest BCUT2D eigenvalue weighted by molar-refractivity contribution is 5.95. The molecule has 0 spiro atoms. The van der Waals surface area contributed by atoms with Gasteiger partial charge in [0.1, 0.15) is 5.75 Å². The minimum atomic E-state index is -0.444. The molecule has 3 amide bonds. The maximum atomic E-state index is 11.7. The molecule has 1 aliphatic carbocycles. The van der Waals surface area contributed by atoms with Crippen molar-refractivity contribution in [3.8, 4) is 5.75 Å². The number of nitrogens with one attached hydrogen (secondary N) is 2. The van der Waals surface area contributed by atoms with Gasteiger partial charge in [0.2, 0.25) is 0 Å². The van der Waals surface area contributed by atoms with Crippen molar-refractivity contribution in [2.45, 2.75) is 57.9 Å². The van der Waals surface area contributed by atoms with Gasteiger partial charge >= 0.3 is 6.03 Å². The zero-order chi connectivity index (χ0) is 16.9. The van der Waals surface area contributed by atoms with Gasteiger partial charge in [0.25, 0.3) is 5.91 Å². The fraction of sp³-hybridized carbons (Fsp3) is 0.556. The minimum absolute atomic E-state index is 0.0776. The Morgan fingerprint density at radius 3 is 2.30 bits per heavy atom. The first-order chi connectivity index (χ1) is 10.8. The lowest BCUT2D eigenvalue weighted by Gasteiger charge is -2.19. The Balaban J connectivity index is 1.74. The van der Waals surface area contributed by atoms with E-state index < -0.39 is 11.9 Å². The predicted molar refractivity (Wildman–Crippen MR) is 89.6 cm³/mol. The third kappa shape index (κ3) is 5.58. The summed E-state index contributed by atoms with van der Waals surface area (Å²) in [5.41, 5.74) is 1.28. The molecule has 0 unspecified atom stereocenters. The smallest absolute Gasteiger partial charge is 0.321 e. The number of imide groups is 1. The van der Waals surface area contributed by atoms with Gasteiger partial charge in [-0.1, -0.05) is 45.7 Å². The van der Waals surface area contributed by atoms with E-state index in [-0.39, 0.29) is 18.1 Å². The second kappa shape index (κ2) is 7.49. The third-order valence-electron chi connectivity index (χ3n) is 4.03. The van der Waals surface area contributed by atoms with Crippen molar-refractivity contribution in [2.75, 3.05) is 6.61 Å². The molecule has 1 aromatic carbocycles. The molecule has 0 atom stereocenters. The number of carbonyl (C=O) groups excluding carboxylic acids is 2. The zero-order valence-electron chi connectivity index (χ0n) is 14.1. The quantitative estimate of drug-likeness (QED) is 0.896. The van der Waals surface area contributed by atoms with E-state index in [0.717, 1.165) is 25.7 Å². The highest BCUT2D eigenvalue weighted by Crippen LogP contribution is 2.24. The van der Waals surface area contributed by atoms with Crippen LogP contribution in [0.2, 0.25) is 0 Å². The summed E-state index contributed by atoms with van der Waals surface area (Å²) in [5, 5.41) is 5.10. The molecule has 1 saturated carbocycles. The van der Waals surface area contributed by atoms with Crippen molar-refractivity contribution in [2.24, 2.45) is 0 Å². The fourth-order valence-electron chi connectivity index (χ4n) is 2.65. The fourth-order valence-corrected chi connectivity index (χ4v) is 2.65. The molecule has 0 radical (unpaired) electrons. The summed E-state index contributed by atoms with van der Waals surface area (Å²) < 4.78 is 5.41. The molecular weight excluding hydrogens is 292 g/mol. The number of benzene rings is 1. The monoisotopic (exact) mass is 318 g/mol. The van der Waals surface area contributed by atoms with Crippen LogP contribution < -0.4 is 15.4 Å². The molecule has 1 aliphatic rings. The molecule has 5 heteroatoms. The molecule has 0 aliphatic heterocycles. The lowest BCUT2D eigenvalue weighted by Crippen LogP contribution is -2.45. The molecule has 2 rings (SSSR count). The lowest BCUT2D eigenvalue weighted by molar-refractivity contribution is -0.122. The van der Waals surface area contributed by atoms with Crippen molar-refractivity contribution >= 4 is 11.9 Å². The molecule has 2 N–H and O–H groups in total. The van der Waals surface area contributed by atoms with Crippen LogP contribution >= 0.6 is 0 Å². The number of ether oxygens (including phenoxy) is 1. The van der Waals surface area contributed by atoms with Gasteiger partial charge in [-0.2, -0.15) is 0 Å². The van der Waals surface area contributed by atoms with Gasteiger partial charge in [0, 0.05) is 6.04 Å². The van der Waals surface area contributed by atoms with E-state index in [1.165, 1.54) is 5.56 Å². The molecule has 0 heterocycles. The van der Waals surface area contributed by atoms with Crippen LogP contribution in [0, 0.1) is 0 Å². The second-order valence-electron chi connectivity index (χ2n) is 7.07. The molecule has 5 nitrogen and oxygen atoms in total. The van der Waals surface area contributed by atoms with Crippen LogP contribution in [0.4, 0.5) is 4.79 Å². The molecule has 23 heavy (non-hydrogen) atoms. The first kappa shape index (κ1) is 17.3. The van der Waals surface area contributed by atoms with Crippen molar-refractivity contribution in [3.63, 3.8) is 0 Å². The summed E-state index contributed by atoms with van der Waals surface area (Å²) in [4.78, 5) is 23.4. The average Bonchev–Trinajstić information content (AvgIpc) is 2.97. The van der Waals surface area contributed by atoms with Crippen molar-refractivity contribution in [1.82, 2.24) is 10.6 Å². The maximum absolute atomic E-state index is 11.7. The first-order valence-electron chi connectivity index (χ1n) is 8.18. The van der Waals surface area contributed by atoms with Gasteiger partial charge in [-0.25, -0.2) is 4.79 Å². The second-order valence-corrected chi connectivity index (χ2v) is 7.07. The van der Waals surface area contributed by atoms with E-state index in [1.54, 1.807) is 0 Å². The number of urea groups is 1. The van der Waals surface area contributed by atoms with Crippen LogP contribution in [0.25, 0.3) is 0 Å². The number of hydrogen-bond acceptors (Lipinski definition) is 3. The molecule has 1 aromatic rings. The maximum Gasteiger partial charge on any atom is 0.321 e. The van der Waals surface area contributed by atoms with E-state index in [0.29, 0.717) is 5.75 Å². The SMILES string of the molecule is CC(C)(C)c1ccc(OCC(=O)NC(=O)NC2CCCC2)cc1. The van der Waals surface area contributed by atoms with Crippen LogP contribution in [0.15, 0.2) is 24.3 Å². The van der Waals surface area contributed by atoms with Crippen LogP contribution in [0.3, 0.4) is 0 Å². The normalized spacial score (nSPS) is 15.3. The van der Waals surface area contributed by atoms with Crippen LogP contribution in [0.5, 0.6) is 5.75 Å².